The summed E-state index contributed by atoms with van der Waals surface area (Å²) in [6, 6.07) is 10.5. The molecule has 1 amide bonds. The average molecular weight is 304 g/mol. The van der Waals surface area contributed by atoms with E-state index in [1.54, 1.807) is 6.07 Å². The van der Waals surface area contributed by atoms with Gasteiger partial charge >= 0.3 is 5.97 Å². The first-order valence-electron chi connectivity index (χ1n) is 6.39. The lowest BCUT2D eigenvalue weighted by Gasteiger charge is -2.14. The zero-order valence-corrected chi connectivity index (χ0v) is 12.3. The molecule has 21 heavy (non-hydrogen) atoms. The number of thioether (sulfide) groups is 1. The van der Waals surface area contributed by atoms with E-state index in [0.717, 1.165) is 15.7 Å². The van der Waals surface area contributed by atoms with Gasteiger partial charge in [0.15, 0.2) is 0 Å². The zero-order chi connectivity index (χ0) is 15.4. The Balaban J connectivity index is 2.22. The number of amides is 1. The molecular weight excluding hydrogens is 288 g/mol. The van der Waals surface area contributed by atoms with E-state index < -0.39 is 12.0 Å². The maximum atomic E-state index is 11.1. The van der Waals surface area contributed by atoms with Crippen LogP contribution in [0, 0.1) is 0 Å². The number of rotatable bonds is 5. The molecule has 4 N–H and O–H groups in total. The molecule has 5 nitrogen and oxygen atoms in total. The van der Waals surface area contributed by atoms with Crippen LogP contribution in [0.15, 0.2) is 41.3 Å². The van der Waals surface area contributed by atoms with Gasteiger partial charge in [0.2, 0.25) is 5.91 Å². The molecule has 0 unspecified atom stereocenters. The van der Waals surface area contributed by atoms with Crippen molar-refractivity contribution >= 4 is 40.1 Å². The molecule has 0 aromatic heterocycles. The number of anilines is 1. The number of carbonyl (C=O) groups excluding carboxylic acids is 1. The van der Waals surface area contributed by atoms with Crippen molar-refractivity contribution in [3.8, 4) is 0 Å². The van der Waals surface area contributed by atoms with E-state index in [1.807, 2.05) is 30.3 Å². The van der Waals surface area contributed by atoms with Crippen molar-refractivity contribution in [3.63, 3.8) is 0 Å². The number of benzene rings is 2. The lowest BCUT2D eigenvalue weighted by Crippen LogP contribution is -2.41. The van der Waals surface area contributed by atoms with Gasteiger partial charge in [-0.05, 0) is 17.5 Å². The highest BCUT2D eigenvalue weighted by Crippen LogP contribution is 2.31. The van der Waals surface area contributed by atoms with Crippen LogP contribution in [0.5, 0.6) is 0 Å². The zero-order valence-electron chi connectivity index (χ0n) is 11.5. The van der Waals surface area contributed by atoms with Crippen LogP contribution < -0.4 is 11.1 Å². The van der Waals surface area contributed by atoms with Crippen LogP contribution in [0.3, 0.4) is 0 Å². The minimum atomic E-state index is -1.04. The van der Waals surface area contributed by atoms with Gasteiger partial charge in [0.1, 0.15) is 6.04 Å². The SMILES string of the molecule is CC(=O)N[C@@H](CSc1ccc(N)c2ccccc12)C(=O)O. The summed E-state index contributed by atoms with van der Waals surface area (Å²) < 4.78 is 0. The van der Waals surface area contributed by atoms with Crippen LogP contribution >= 0.6 is 11.8 Å². The number of nitrogens with one attached hydrogen (secondary N) is 1. The summed E-state index contributed by atoms with van der Waals surface area (Å²) in [4.78, 5) is 23.1. The Morgan fingerprint density at radius 2 is 1.90 bits per heavy atom. The van der Waals surface area contributed by atoms with Gasteiger partial charge < -0.3 is 16.2 Å². The Bertz CT molecular complexity index is 688. The second-order valence-corrected chi connectivity index (χ2v) is 5.66. The van der Waals surface area contributed by atoms with Gasteiger partial charge in [0.05, 0.1) is 0 Å². The van der Waals surface area contributed by atoms with Gasteiger partial charge in [-0.2, -0.15) is 0 Å². The van der Waals surface area contributed by atoms with Crippen LogP contribution in [0.2, 0.25) is 0 Å². The maximum Gasteiger partial charge on any atom is 0.327 e. The second kappa shape index (κ2) is 6.49. The molecule has 0 aliphatic carbocycles. The molecule has 0 heterocycles. The Morgan fingerprint density at radius 3 is 2.52 bits per heavy atom. The Morgan fingerprint density at radius 1 is 1.24 bits per heavy atom. The number of nitrogens with two attached hydrogens (primary N) is 1. The van der Waals surface area contributed by atoms with Crippen LogP contribution in [0.1, 0.15) is 6.92 Å². The fourth-order valence-electron chi connectivity index (χ4n) is 2.01. The molecule has 0 bridgehead atoms. The first kappa shape index (κ1) is 15.2. The van der Waals surface area contributed by atoms with E-state index in [-0.39, 0.29) is 11.7 Å². The highest BCUT2D eigenvalue weighted by Gasteiger charge is 2.19. The van der Waals surface area contributed by atoms with E-state index in [4.69, 9.17) is 10.8 Å². The predicted molar refractivity (Wildman–Crippen MR) is 84.3 cm³/mol. The molecule has 0 aliphatic rings. The third-order valence-corrected chi connectivity index (χ3v) is 4.17. The van der Waals surface area contributed by atoms with Gasteiger partial charge in [-0.3, -0.25) is 4.79 Å². The molecule has 0 saturated carbocycles. The summed E-state index contributed by atoms with van der Waals surface area (Å²) in [6.07, 6.45) is 0. The minimum absolute atomic E-state index is 0.253. The molecule has 2 rings (SSSR count). The van der Waals surface area contributed by atoms with Crippen molar-refractivity contribution in [2.45, 2.75) is 17.9 Å². The topological polar surface area (TPSA) is 92.4 Å². The normalized spacial score (nSPS) is 12.0. The van der Waals surface area contributed by atoms with Crippen LogP contribution in [0.25, 0.3) is 10.8 Å². The number of nitrogen functional groups attached to an aromatic ring is 1. The summed E-state index contributed by atoms with van der Waals surface area (Å²) in [5.74, 6) is -1.15. The number of fused-ring (bicyclic) bond motifs is 1. The maximum absolute atomic E-state index is 11.1. The monoisotopic (exact) mass is 304 g/mol. The number of carbonyl (C=O) groups is 2. The van der Waals surface area contributed by atoms with Crippen molar-refractivity contribution in [3.05, 3.63) is 36.4 Å². The number of carboxylic acid groups (broad SMARTS) is 1. The molecule has 0 radical (unpaired) electrons. The fraction of sp³-hybridized carbons (Fsp3) is 0.200. The lowest BCUT2D eigenvalue weighted by molar-refractivity contribution is -0.140. The highest BCUT2D eigenvalue weighted by atomic mass is 32.2. The molecule has 0 fully saturated rings. The molecular formula is C15H16N2O3S. The van der Waals surface area contributed by atoms with E-state index in [1.165, 1.54) is 18.7 Å². The number of aliphatic carboxylic acids is 1. The Labute approximate surface area is 126 Å². The van der Waals surface area contributed by atoms with Gasteiger partial charge in [0.25, 0.3) is 0 Å². The van der Waals surface area contributed by atoms with Crippen molar-refractivity contribution in [1.29, 1.82) is 0 Å². The number of hydrogen-bond acceptors (Lipinski definition) is 4. The third-order valence-electron chi connectivity index (χ3n) is 3.00. The van der Waals surface area contributed by atoms with Crippen molar-refractivity contribution < 1.29 is 14.7 Å². The smallest absolute Gasteiger partial charge is 0.327 e. The van der Waals surface area contributed by atoms with Crippen LogP contribution in [-0.2, 0) is 9.59 Å². The van der Waals surface area contributed by atoms with Gasteiger partial charge in [0, 0.05) is 28.6 Å². The van der Waals surface area contributed by atoms with Crippen molar-refractivity contribution in [1.82, 2.24) is 5.32 Å². The second-order valence-electron chi connectivity index (χ2n) is 4.60. The van der Waals surface area contributed by atoms with Crippen molar-refractivity contribution in [2.75, 3.05) is 11.5 Å². The highest BCUT2D eigenvalue weighted by molar-refractivity contribution is 7.99. The predicted octanol–water partition coefficient (Wildman–Crippen LogP) is 2.10. The van der Waals surface area contributed by atoms with E-state index in [2.05, 4.69) is 5.32 Å². The molecule has 110 valence electrons. The summed E-state index contributed by atoms with van der Waals surface area (Å²) in [6.45, 7) is 1.30. The van der Waals surface area contributed by atoms with Crippen molar-refractivity contribution in [2.24, 2.45) is 0 Å². The fourth-order valence-corrected chi connectivity index (χ4v) is 3.08. The van der Waals surface area contributed by atoms with Crippen LogP contribution in [0.4, 0.5) is 5.69 Å². The lowest BCUT2D eigenvalue weighted by atomic mass is 10.1. The average Bonchev–Trinajstić information content (AvgIpc) is 2.45. The largest absolute Gasteiger partial charge is 0.480 e. The van der Waals surface area contributed by atoms with Gasteiger partial charge in [-0.15, -0.1) is 11.8 Å². The quantitative estimate of drug-likeness (QED) is 0.581. The Kier molecular flexibility index (Phi) is 4.70. The minimum Gasteiger partial charge on any atom is -0.480 e. The van der Waals surface area contributed by atoms with E-state index in [0.29, 0.717) is 5.69 Å². The molecule has 0 saturated heterocycles. The summed E-state index contributed by atoms with van der Waals surface area (Å²) in [5, 5.41) is 13.5. The van der Waals surface area contributed by atoms with E-state index in [9.17, 15) is 9.59 Å². The molecule has 0 aliphatic heterocycles. The van der Waals surface area contributed by atoms with Gasteiger partial charge in [-0.25, -0.2) is 4.79 Å². The number of hydrogen-bond donors (Lipinski definition) is 3. The first-order valence-corrected chi connectivity index (χ1v) is 7.37. The Hall–Kier alpha value is -2.21. The molecule has 1 atom stereocenters. The summed E-state index contributed by atoms with van der Waals surface area (Å²) >= 11 is 1.39. The third kappa shape index (κ3) is 3.66. The summed E-state index contributed by atoms with van der Waals surface area (Å²) in [5.41, 5.74) is 6.62. The molecule has 6 heteroatoms. The van der Waals surface area contributed by atoms with Gasteiger partial charge in [-0.1, -0.05) is 24.3 Å². The van der Waals surface area contributed by atoms with E-state index >= 15 is 0 Å². The summed E-state index contributed by atoms with van der Waals surface area (Å²) in [7, 11) is 0. The molecule has 2 aromatic carbocycles. The van der Waals surface area contributed by atoms with Crippen LogP contribution in [-0.4, -0.2) is 28.8 Å². The molecule has 2 aromatic rings. The number of carboxylic acids is 1. The molecule has 0 spiro atoms. The first-order chi connectivity index (χ1) is 9.99. The standard InChI is InChI=1S/C15H16N2O3S/c1-9(18)17-13(15(19)20)8-21-14-7-6-12(16)10-4-2-3-5-11(10)14/h2-7,13H,8,16H2,1H3,(H,17,18)(H,19,20)/t13-/m0/s1.